The fraction of sp³-hybridized carbons (Fsp3) is 0.217. The van der Waals surface area contributed by atoms with Gasteiger partial charge in [-0.3, -0.25) is 9.29 Å². The van der Waals surface area contributed by atoms with Gasteiger partial charge in [0.05, 0.1) is 35.4 Å². The van der Waals surface area contributed by atoms with E-state index in [9.17, 15) is 5.26 Å². The van der Waals surface area contributed by atoms with Crippen LogP contribution in [0.4, 0.5) is 5.95 Å². The van der Waals surface area contributed by atoms with Crippen LogP contribution in [0.1, 0.15) is 23.0 Å². The third-order valence-corrected chi connectivity index (χ3v) is 6.29. The zero-order chi connectivity index (χ0) is 24.2. The van der Waals surface area contributed by atoms with Gasteiger partial charge in [0, 0.05) is 30.8 Å². The predicted octanol–water partition coefficient (Wildman–Crippen LogP) is 3.95. The normalized spacial score (nSPS) is 14.1. The highest BCUT2D eigenvalue weighted by Gasteiger charge is 2.31. The topological polar surface area (TPSA) is 124 Å². The first kappa shape index (κ1) is 22.9. The van der Waals surface area contributed by atoms with Crippen molar-refractivity contribution in [2.24, 2.45) is 0 Å². The van der Waals surface area contributed by atoms with E-state index in [1.165, 1.54) is 11.9 Å². The number of aromatic nitrogens is 6. The van der Waals surface area contributed by atoms with Crippen LogP contribution >= 0.6 is 23.5 Å². The molecule has 0 aliphatic carbocycles. The monoisotopic (exact) mass is 506 g/mol. The maximum Gasteiger partial charge on any atom is 0.257 e. The number of hydrogen-bond acceptors (Lipinski definition) is 10. The van der Waals surface area contributed by atoms with Crippen molar-refractivity contribution >= 4 is 29.5 Å². The zero-order valence-corrected chi connectivity index (χ0v) is 20.1. The molecule has 12 heteroatoms. The van der Waals surface area contributed by atoms with Gasteiger partial charge in [-0.05, 0) is 35.7 Å². The van der Waals surface area contributed by atoms with E-state index in [1.54, 1.807) is 31.8 Å². The van der Waals surface area contributed by atoms with Gasteiger partial charge in [0.15, 0.2) is 11.6 Å². The Kier molecular flexibility index (Phi) is 6.65. The van der Waals surface area contributed by atoms with E-state index in [2.05, 4.69) is 35.9 Å². The van der Waals surface area contributed by atoms with Crippen LogP contribution in [0.3, 0.4) is 0 Å². The van der Waals surface area contributed by atoms with Gasteiger partial charge in [-0.25, -0.2) is 15.0 Å². The van der Waals surface area contributed by atoms with E-state index in [-0.39, 0.29) is 12.6 Å². The predicted molar refractivity (Wildman–Crippen MR) is 131 cm³/mol. The number of anilines is 1. The molecule has 1 atom stereocenters. The third-order valence-electron chi connectivity index (χ3n) is 5.36. The Morgan fingerprint density at radius 2 is 2.11 bits per heavy atom. The highest BCUT2D eigenvalue weighted by Crippen LogP contribution is 2.42. The quantitative estimate of drug-likeness (QED) is 0.291. The van der Waals surface area contributed by atoms with Crippen LogP contribution in [0.25, 0.3) is 11.4 Å². The van der Waals surface area contributed by atoms with Crippen molar-refractivity contribution in [1.29, 1.82) is 5.26 Å². The second-order valence-corrected chi connectivity index (χ2v) is 8.83. The largest absolute Gasteiger partial charge is 0.485 e. The van der Waals surface area contributed by atoms with Gasteiger partial charge in [-0.1, -0.05) is 23.7 Å². The van der Waals surface area contributed by atoms with E-state index in [1.807, 2.05) is 28.8 Å². The highest BCUT2D eigenvalue weighted by atomic mass is 35.5. The molecular formula is C23H19ClN8O2S. The van der Waals surface area contributed by atoms with E-state index in [4.69, 9.17) is 21.1 Å². The maximum absolute atomic E-state index is 9.42. The number of hydrogen-bond donors (Lipinski definition) is 1. The Labute approximate surface area is 210 Å². The molecule has 1 aliphatic rings. The summed E-state index contributed by atoms with van der Waals surface area (Å²) in [6.45, 7) is 0.271. The van der Waals surface area contributed by atoms with Crippen molar-refractivity contribution in [2.75, 3.05) is 24.2 Å². The van der Waals surface area contributed by atoms with E-state index >= 15 is 0 Å². The van der Waals surface area contributed by atoms with Crippen LogP contribution in [0.5, 0.6) is 11.6 Å². The van der Waals surface area contributed by atoms with Crippen LogP contribution < -0.4 is 14.2 Å². The summed E-state index contributed by atoms with van der Waals surface area (Å²) in [6.07, 6.45) is 5.46. The Hall–Kier alpha value is -3.88. The molecule has 0 saturated carbocycles. The first-order valence-corrected chi connectivity index (χ1v) is 12.0. The summed E-state index contributed by atoms with van der Waals surface area (Å²) in [5, 5.41) is 18.8. The van der Waals surface area contributed by atoms with Crippen LogP contribution in [0.2, 0.25) is 5.02 Å². The lowest BCUT2D eigenvalue weighted by atomic mass is 10.0. The van der Waals surface area contributed by atoms with Crippen LogP contribution in [-0.2, 0) is 6.42 Å². The summed E-state index contributed by atoms with van der Waals surface area (Å²) in [6, 6.07) is 11.1. The number of benzene rings is 1. The molecule has 1 aliphatic heterocycles. The summed E-state index contributed by atoms with van der Waals surface area (Å²) >= 11 is 7.33. The SMILES string of the molecule is COc1nccc2c1OCC(c1cccc(C#N)c1)n1c(NSCCc3ncc(Cl)cn3)nnc1-2. The number of nitrogens with one attached hydrogen (secondary N) is 1. The molecule has 176 valence electrons. The summed E-state index contributed by atoms with van der Waals surface area (Å²) in [4.78, 5) is 12.7. The second kappa shape index (κ2) is 10.2. The number of halogens is 1. The zero-order valence-electron chi connectivity index (χ0n) is 18.6. The molecule has 0 amide bonds. The Morgan fingerprint density at radius 1 is 1.26 bits per heavy atom. The minimum Gasteiger partial charge on any atom is -0.485 e. The first-order valence-electron chi connectivity index (χ1n) is 10.6. The van der Waals surface area contributed by atoms with Gasteiger partial charge < -0.3 is 9.47 Å². The summed E-state index contributed by atoms with van der Waals surface area (Å²) in [5.41, 5.74) is 2.17. The molecule has 4 aromatic rings. The van der Waals surface area contributed by atoms with Gasteiger partial charge >= 0.3 is 0 Å². The van der Waals surface area contributed by atoms with Crippen molar-refractivity contribution < 1.29 is 9.47 Å². The number of ether oxygens (including phenoxy) is 2. The summed E-state index contributed by atoms with van der Waals surface area (Å²) in [7, 11) is 1.55. The van der Waals surface area contributed by atoms with E-state index in [0.717, 1.165) is 11.1 Å². The Balaban J connectivity index is 1.47. The van der Waals surface area contributed by atoms with Gasteiger partial charge in [0.2, 0.25) is 5.95 Å². The molecule has 4 heterocycles. The molecule has 3 aromatic heterocycles. The number of pyridine rings is 1. The van der Waals surface area contributed by atoms with Gasteiger partial charge in [-0.2, -0.15) is 5.26 Å². The van der Waals surface area contributed by atoms with Gasteiger partial charge in [0.1, 0.15) is 12.4 Å². The first-order chi connectivity index (χ1) is 17.2. The molecule has 0 spiro atoms. The van der Waals surface area contributed by atoms with Crippen molar-refractivity contribution in [1.82, 2.24) is 29.7 Å². The smallest absolute Gasteiger partial charge is 0.257 e. The molecule has 0 bridgehead atoms. The average molecular weight is 507 g/mol. The number of nitriles is 1. The summed E-state index contributed by atoms with van der Waals surface area (Å²) in [5.74, 6) is 3.44. The lowest BCUT2D eigenvalue weighted by molar-refractivity contribution is 0.263. The molecular weight excluding hydrogens is 488 g/mol. The molecule has 1 aromatic carbocycles. The Bertz CT molecular complexity index is 1390. The number of methoxy groups -OCH3 is 1. The third kappa shape index (κ3) is 4.71. The number of nitrogens with zero attached hydrogens (tertiary/aromatic N) is 7. The molecule has 1 N–H and O–H groups in total. The van der Waals surface area contributed by atoms with Crippen LogP contribution in [0, 0.1) is 11.3 Å². The van der Waals surface area contributed by atoms with Crippen LogP contribution in [0.15, 0.2) is 48.9 Å². The molecule has 10 nitrogen and oxygen atoms in total. The van der Waals surface area contributed by atoms with Crippen molar-refractivity contribution in [3.8, 4) is 29.1 Å². The van der Waals surface area contributed by atoms with E-state index < -0.39 is 0 Å². The number of rotatable bonds is 7. The standard InChI is InChI=1S/C23H19ClN8O2S/c1-33-22-20-17(5-7-26-22)21-29-30-23(31-35-8-6-19-27-11-16(24)12-28-19)32(21)18(13-34-20)15-4-2-3-14(9-15)10-25/h2-5,7,9,11-12,18H,6,8,13H2,1H3,(H,30,31). The van der Waals surface area contributed by atoms with Crippen molar-refractivity contribution in [3.63, 3.8) is 0 Å². The van der Waals surface area contributed by atoms with Gasteiger partial charge in [0.25, 0.3) is 5.88 Å². The number of aryl methyl sites for hydroxylation is 1. The molecule has 0 fully saturated rings. The minimum absolute atomic E-state index is 0.271. The molecule has 0 radical (unpaired) electrons. The lowest BCUT2D eigenvalue weighted by Crippen LogP contribution is -2.19. The van der Waals surface area contributed by atoms with Crippen molar-refractivity contribution in [2.45, 2.75) is 12.5 Å². The lowest BCUT2D eigenvalue weighted by Gasteiger charge is -2.20. The molecule has 0 saturated heterocycles. The molecule has 1 unspecified atom stereocenters. The molecule has 35 heavy (non-hydrogen) atoms. The summed E-state index contributed by atoms with van der Waals surface area (Å²) < 4.78 is 16.9. The fourth-order valence-electron chi connectivity index (χ4n) is 3.75. The fourth-order valence-corrected chi connectivity index (χ4v) is 4.51. The maximum atomic E-state index is 9.42. The molecule has 5 rings (SSSR count). The van der Waals surface area contributed by atoms with Crippen LogP contribution in [-0.4, -0.2) is 49.2 Å². The Morgan fingerprint density at radius 3 is 2.91 bits per heavy atom. The van der Waals surface area contributed by atoms with E-state index in [0.29, 0.717) is 52.0 Å². The average Bonchev–Trinajstić information content (AvgIpc) is 3.23. The number of fused-ring (bicyclic) bond motifs is 3. The van der Waals surface area contributed by atoms with Crippen molar-refractivity contribution in [3.05, 3.63) is 70.9 Å². The van der Waals surface area contributed by atoms with Gasteiger partial charge in [-0.15, -0.1) is 10.2 Å². The second-order valence-electron chi connectivity index (χ2n) is 7.50. The minimum atomic E-state index is -0.298. The highest BCUT2D eigenvalue weighted by molar-refractivity contribution is 8.00.